The van der Waals surface area contributed by atoms with Gasteiger partial charge in [-0.15, -0.1) is 0 Å². The summed E-state index contributed by atoms with van der Waals surface area (Å²) in [5, 5.41) is 4.93. The van der Waals surface area contributed by atoms with Crippen molar-refractivity contribution in [1.29, 1.82) is 0 Å². The van der Waals surface area contributed by atoms with Gasteiger partial charge in [-0.25, -0.2) is 4.79 Å². The van der Waals surface area contributed by atoms with Crippen molar-refractivity contribution in [3.8, 4) is 0 Å². The number of amides is 3. The van der Waals surface area contributed by atoms with Gasteiger partial charge < -0.3 is 26.8 Å². The first-order valence-corrected chi connectivity index (χ1v) is 9.98. The van der Waals surface area contributed by atoms with Crippen LogP contribution in [0.4, 0.5) is 4.79 Å². The lowest BCUT2D eigenvalue weighted by Gasteiger charge is -2.11. The summed E-state index contributed by atoms with van der Waals surface area (Å²) in [6.07, 6.45) is 6.05. The minimum atomic E-state index is -0.713. The number of hydrogen-bond donors (Lipinski definition) is 4. The minimum absolute atomic E-state index is 0.117. The molecule has 0 fully saturated rings. The number of rotatable bonds is 12. The zero-order valence-electron chi connectivity index (χ0n) is 18.1. The maximum absolute atomic E-state index is 11.5. The Morgan fingerprint density at radius 1 is 1.13 bits per heavy atom. The van der Waals surface area contributed by atoms with Crippen molar-refractivity contribution in [2.75, 3.05) is 19.7 Å². The molecule has 0 aliphatic heterocycles. The van der Waals surface area contributed by atoms with E-state index >= 15 is 0 Å². The van der Waals surface area contributed by atoms with Crippen LogP contribution < -0.4 is 22.1 Å². The average Bonchev–Trinajstić information content (AvgIpc) is 2.75. The molecular formula is C23H34N4O4. The van der Waals surface area contributed by atoms with E-state index in [4.69, 9.17) is 16.2 Å². The molecule has 1 rings (SSSR count). The first-order chi connectivity index (χ1) is 14.8. The van der Waals surface area contributed by atoms with E-state index in [1.54, 1.807) is 18.2 Å². The lowest BCUT2D eigenvalue weighted by atomic mass is 10.1. The number of carbonyl (C=O) groups is 3. The van der Waals surface area contributed by atoms with Crippen LogP contribution in [0.15, 0.2) is 67.3 Å². The number of unbranched alkanes of at least 4 members (excludes halogenated alkanes) is 1. The first kappa shape index (κ1) is 27.6. The third-order valence-electron chi connectivity index (χ3n) is 3.89. The average molecular weight is 431 g/mol. The van der Waals surface area contributed by atoms with Gasteiger partial charge in [0.1, 0.15) is 6.61 Å². The first-order valence-electron chi connectivity index (χ1n) is 9.98. The van der Waals surface area contributed by atoms with Crippen molar-refractivity contribution in [3.05, 3.63) is 72.9 Å². The second-order valence-corrected chi connectivity index (χ2v) is 6.63. The molecule has 0 aliphatic carbocycles. The third kappa shape index (κ3) is 16.1. The Morgan fingerprint density at radius 3 is 2.32 bits per heavy atom. The van der Waals surface area contributed by atoms with E-state index in [0.717, 1.165) is 5.57 Å². The van der Waals surface area contributed by atoms with E-state index in [1.165, 1.54) is 5.56 Å². The van der Waals surface area contributed by atoms with Crippen molar-refractivity contribution < 1.29 is 19.1 Å². The number of nitrogens with one attached hydrogen (secondary N) is 2. The second-order valence-electron chi connectivity index (χ2n) is 6.63. The Morgan fingerprint density at radius 2 is 1.81 bits per heavy atom. The molecule has 3 amide bonds. The maximum Gasteiger partial charge on any atom is 0.407 e. The normalized spacial score (nSPS) is 11.2. The van der Waals surface area contributed by atoms with E-state index in [1.807, 2.05) is 18.2 Å². The van der Waals surface area contributed by atoms with Gasteiger partial charge in [0.05, 0.1) is 12.6 Å². The quantitative estimate of drug-likeness (QED) is 0.297. The highest BCUT2D eigenvalue weighted by Crippen LogP contribution is 2.00. The highest BCUT2D eigenvalue weighted by Gasteiger charge is 2.13. The summed E-state index contributed by atoms with van der Waals surface area (Å²) in [6.45, 7) is 9.53. The van der Waals surface area contributed by atoms with Gasteiger partial charge in [-0.05, 0) is 31.8 Å². The van der Waals surface area contributed by atoms with Crippen LogP contribution in [0.5, 0.6) is 0 Å². The topological polar surface area (TPSA) is 137 Å². The SMILES string of the molecule is C=C/C=C(\C=C)COC(=O)NCCCCC(N)C(=O)NCC(N)=O.Cc1ccccc1. The van der Waals surface area contributed by atoms with Gasteiger partial charge in [0.15, 0.2) is 0 Å². The summed E-state index contributed by atoms with van der Waals surface area (Å²) >= 11 is 0. The zero-order chi connectivity index (χ0) is 23.5. The molecule has 1 unspecified atom stereocenters. The number of nitrogens with two attached hydrogens (primary N) is 2. The van der Waals surface area contributed by atoms with E-state index in [0.29, 0.717) is 25.8 Å². The molecule has 8 nitrogen and oxygen atoms in total. The summed E-state index contributed by atoms with van der Waals surface area (Å²) < 4.78 is 5.00. The summed E-state index contributed by atoms with van der Waals surface area (Å²) in [7, 11) is 0. The van der Waals surface area contributed by atoms with Gasteiger partial charge in [0.25, 0.3) is 0 Å². The number of primary amides is 1. The lowest BCUT2D eigenvalue weighted by molar-refractivity contribution is -0.125. The Hall–Kier alpha value is -3.39. The van der Waals surface area contributed by atoms with Crippen molar-refractivity contribution in [3.63, 3.8) is 0 Å². The molecule has 31 heavy (non-hydrogen) atoms. The monoisotopic (exact) mass is 430 g/mol. The number of alkyl carbamates (subject to hydrolysis) is 1. The van der Waals surface area contributed by atoms with Crippen molar-refractivity contribution in [1.82, 2.24) is 10.6 Å². The van der Waals surface area contributed by atoms with Crippen LogP contribution in [0.3, 0.4) is 0 Å². The second kappa shape index (κ2) is 17.5. The molecule has 170 valence electrons. The standard InChI is InChI=1S/C16H26N4O4.C7H8/c1-3-7-12(4-2)11-24-16(23)19-9-6-5-8-13(17)15(22)20-10-14(18)21;1-7-5-3-2-4-6-7/h3-4,7,13H,1-2,5-6,8-11,17H2,(H2,18,21)(H,19,23)(H,20,22);2-6H,1H3/b12-7+;. The molecule has 0 aromatic heterocycles. The Labute approximate surface area is 184 Å². The highest BCUT2D eigenvalue weighted by atomic mass is 16.5. The largest absolute Gasteiger partial charge is 0.445 e. The highest BCUT2D eigenvalue weighted by molar-refractivity contribution is 5.86. The maximum atomic E-state index is 11.5. The molecule has 8 heteroatoms. The number of carbonyl (C=O) groups excluding carboxylic acids is 3. The summed E-state index contributed by atoms with van der Waals surface area (Å²) in [6, 6.07) is 9.55. The van der Waals surface area contributed by atoms with Gasteiger partial charge in [0, 0.05) is 6.54 Å². The van der Waals surface area contributed by atoms with E-state index in [2.05, 4.69) is 42.8 Å². The number of allylic oxidation sites excluding steroid dienone is 2. The predicted octanol–water partition coefficient (Wildman–Crippen LogP) is 2.11. The number of ether oxygens (including phenoxy) is 1. The molecule has 0 aliphatic rings. The fraction of sp³-hybridized carbons (Fsp3) is 0.348. The predicted molar refractivity (Wildman–Crippen MR) is 123 cm³/mol. The Bertz CT molecular complexity index is 732. The molecule has 1 aromatic rings. The van der Waals surface area contributed by atoms with Gasteiger partial charge in [-0.3, -0.25) is 9.59 Å². The summed E-state index contributed by atoms with van der Waals surface area (Å²) in [5.41, 5.74) is 12.7. The number of hydrogen-bond acceptors (Lipinski definition) is 5. The van der Waals surface area contributed by atoms with Crippen molar-refractivity contribution >= 4 is 17.9 Å². The molecule has 0 heterocycles. The van der Waals surface area contributed by atoms with Crippen molar-refractivity contribution in [2.45, 2.75) is 32.2 Å². The third-order valence-corrected chi connectivity index (χ3v) is 3.89. The molecule has 0 spiro atoms. The lowest BCUT2D eigenvalue weighted by Crippen LogP contribution is -2.43. The van der Waals surface area contributed by atoms with Gasteiger partial charge in [0.2, 0.25) is 11.8 Å². The number of benzene rings is 1. The summed E-state index contributed by atoms with van der Waals surface area (Å²) in [4.78, 5) is 33.5. The molecule has 1 aromatic carbocycles. The molecule has 1 atom stereocenters. The van der Waals surface area contributed by atoms with Crippen LogP contribution in [0.1, 0.15) is 24.8 Å². The molecule has 0 saturated heterocycles. The smallest absolute Gasteiger partial charge is 0.407 e. The van der Waals surface area contributed by atoms with Crippen LogP contribution in [-0.2, 0) is 14.3 Å². The molecule has 6 N–H and O–H groups in total. The number of aryl methyl sites for hydroxylation is 1. The minimum Gasteiger partial charge on any atom is -0.445 e. The van der Waals surface area contributed by atoms with Crippen molar-refractivity contribution in [2.24, 2.45) is 11.5 Å². The van der Waals surface area contributed by atoms with Gasteiger partial charge in [-0.1, -0.05) is 67.3 Å². The zero-order valence-corrected chi connectivity index (χ0v) is 18.1. The van der Waals surface area contributed by atoms with Gasteiger partial charge in [-0.2, -0.15) is 0 Å². The molecule has 0 bridgehead atoms. The van der Waals surface area contributed by atoms with Gasteiger partial charge >= 0.3 is 6.09 Å². The van der Waals surface area contributed by atoms with Crippen LogP contribution in [0.2, 0.25) is 0 Å². The molecular weight excluding hydrogens is 396 g/mol. The Balaban J connectivity index is 0.00000107. The van der Waals surface area contributed by atoms with E-state index < -0.39 is 23.9 Å². The van der Waals surface area contributed by atoms with E-state index in [9.17, 15) is 14.4 Å². The van der Waals surface area contributed by atoms with Crippen LogP contribution in [0.25, 0.3) is 0 Å². The van der Waals surface area contributed by atoms with Crippen LogP contribution >= 0.6 is 0 Å². The summed E-state index contributed by atoms with van der Waals surface area (Å²) in [5.74, 6) is -1.05. The molecule has 0 radical (unpaired) electrons. The fourth-order valence-electron chi connectivity index (χ4n) is 2.18. The van der Waals surface area contributed by atoms with Crippen LogP contribution in [-0.4, -0.2) is 43.6 Å². The molecule has 0 saturated carbocycles. The van der Waals surface area contributed by atoms with Crippen LogP contribution in [0, 0.1) is 6.92 Å². The fourth-order valence-corrected chi connectivity index (χ4v) is 2.18. The van der Waals surface area contributed by atoms with E-state index in [-0.39, 0.29) is 13.2 Å². The Kier molecular flexibility index (Phi) is 15.6.